The Hall–Kier alpha value is -1.59. The van der Waals surface area contributed by atoms with Crippen LogP contribution in [0.3, 0.4) is 0 Å². The molecule has 1 fully saturated rings. The number of para-hydroxylation sites is 2. The van der Waals surface area contributed by atoms with E-state index in [1.165, 1.54) is 0 Å². The van der Waals surface area contributed by atoms with Crippen LogP contribution in [0.25, 0.3) is 11.1 Å². The molecule has 1 saturated heterocycles. The molecule has 5 heteroatoms. The first-order valence-electron chi connectivity index (χ1n) is 7.23. The summed E-state index contributed by atoms with van der Waals surface area (Å²) < 4.78 is 6.98. The van der Waals surface area contributed by atoms with E-state index in [1.54, 1.807) is 4.57 Å². The third-order valence-corrected chi connectivity index (χ3v) is 4.03. The third-order valence-electron chi connectivity index (χ3n) is 4.03. The van der Waals surface area contributed by atoms with Crippen molar-refractivity contribution in [2.75, 3.05) is 39.8 Å². The number of aryl methyl sites for hydroxylation is 1. The van der Waals surface area contributed by atoms with E-state index in [9.17, 15) is 4.79 Å². The summed E-state index contributed by atoms with van der Waals surface area (Å²) >= 11 is 0. The van der Waals surface area contributed by atoms with E-state index < -0.39 is 0 Å². The molecule has 108 valence electrons. The summed E-state index contributed by atoms with van der Waals surface area (Å²) in [6.07, 6.45) is 0.979. The fourth-order valence-electron chi connectivity index (χ4n) is 2.75. The van der Waals surface area contributed by atoms with Crippen LogP contribution in [0.5, 0.6) is 0 Å². The summed E-state index contributed by atoms with van der Waals surface area (Å²) in [5.74, 6) is -0.246. The number of aromatic nitrogens is 1. The normalized spacial score (nSPS) is 17.9. The Bertz CT molecular complexity index is 623. The fourth-order valence-corrected chi connectivity index (χ4v) is 2.75. The van der Waals surface area contributed by atoms with Gasteiger partial charge in [0.2, 0.25) is 0 Å². The number of likely N-dealkylation sites (N-methyl/N-ethyl adjacent to an activating group) is 1. The average molecular weight is 275 g/mol. The van der Waals surface area contributed by atoms with Gasteiger partial charge in [0, 0.05) is 32.7 Å². The van der Waals surface area contributed by atoms with E-state index in [0.717, 1.165) is 51.2 Å². The van der Waals surface area contributed by atoms with Gasteiger partial charge in [0.05, 0.1) is 5.52 Å². The zero-order valence-electron chi connectivity index (χ0n) is 11.9. The molecule has 1 aliphatic heterocycles. The van der Waals surface area contributed by atoms with E-state index in [1.807, 2.05) is 24.3 Å². The van der Waals surface area contributed by atoms with Crippen LogP contribution in [-0.2, 0) is 6.54 Å². The quantitative estimate of drug-likeness (QED) is 0.841. The number of hydrogen-bond acceptors (Lipinski definition) is 4. The molecule has 0 spiro atoms. The molecule has 5 nitrogen and oxygen atoms in total. The summed E-state index contributed by atoms with van der Waals surface area (Å²) in [6, 6.07) is 7.61. The topological polar surface area (TPSA) is 41.6 Å². The number of fused-ring (bicyclic) bond motifs is 1. The standard InChI is InChI=1S/C15H21N3O2/c1-16-9-11-17(12-10-16)7-4-8-18-13-5-2-3-6-14(13)20-15(18)19/h2-3,5-6H,4,7-12H2,1H3. The van der Waals surface area contributed by atoms with Gasteiger partial charge >= 0.3 is 5.76 Å². The van der Waals surface area contributed by atoms with Gasteiger partial charge in [-0.15, -0.1) is 0 Å². The Labute approximate surface area is 118 Å². The van der Waals surface area contributed by atoms with Crippen LogP contribution in [-0.4, -0.2) is 54.1 Å². The lowest BCUT2D eigenvalue weighted by Crippen LogP contribution is -2.44. The Morgan fingerprint density at radius 3 is 2.65 bits per heavy atom. The smallest absolute Gasteiger partial charge is 0.408 e. The molecule has 20 heavy (non-hydrogen) atoms. The molecule has 1 aromatic carbocycles. The number of piperazine rings is 1. The molecule has 0 aliphatic carbocycles. The summed E-state index contributed by atoms with van der Waals surface area (Å²) in [7, 11) is 2.16. The average Bonchev–Trinajstić information content (AvgIpc) is 2.77. The minimum atomic E-state index is -0.246. The van der Waals surface area contributed by atoms with Crippen LogP contribution < -0.4 is 5.76 Å². The Morgan fingerprint density at radius 1 is 1.10 bits per heavy atom. The third kappa shape index (κ3) is 2.78. The first-order valence-corrected chi connectivity index (χ1v) is 7.23. The molecule has 1 aromatic heterocycles. The number of hydrogen-bond donors (Lipinski definition) is 0. The van der Waals surface area contributed by atoms with Gasteiger partial charge in [-0.1, -0.05) is 12.1 Å². The van der Waals surface area contributed by atoms with Crippen LogP contribution >= 0.6 is 0 Å². The SMILES string of the molecule is CN1CCN(CCCn2c(=O)oc3ccccc32)CC1. The highest BCUT2D eigenvalue weighted by molar-refractivity contribution is 5.72. The van der Waals surface area contributed by atoms with E-state index in [2.05, 4.69) is 16.8 Å². The van der Waals surface area contributed by atoms with E-state index in [4.69, 9.17) is 4.42 Å². The molecule has 0 atom stereocenters. The van der Waals surface area contributed by atoms with Crippen molar-refractivity contribution in [3.05, 3.63) is 34.8 Å². The highest BCUT2D eigenvalue weighted by Crippen LogP contribution is 2.12. The van der Waals surface area contributed by atoms with Crippen LogP contribution in [0.1, 0.15) is 6.42 Å². The maximum absolute atomic E-state index is 11.8. The molecule has 0 N–H and O–H groups in total. The van der Waals surface area contributed by atoms with Gasteiger partial charge in [0.25, 0.3) is 0 Å². The molecule has 0 bridgehead atoms. The van der Waals surface area contributed by atoms with Crippen LogP contribution in [0.15, 0.2) is 33.5 Å². The molecule has 2 aromatic rings. The maximum atomic E-state index is 11.8. The van der Waals surface area contributed by atoms with Gasteiger partial charge in [-0.05, 0) is 32.1 Å². The second-order valence-electron chi connectivity index (χ2n) is 5.49. The minimum absolute atomic E-state index is 0.246. The second kappa shape index (κ2) is 5.81. The van der Waals surface area contributed by atoms with Crippen molar-refractivity contribution in [1.29, 1.82) is 0 Å². The van der Waals surface area contributed by atoms with Crippen LogP contribution in [0.2, 0.25) is 0 Å². The summed E-state index contributed by atoms with van der Waals surface area (Å²) in [5, 5.41) is 0. The van der Waals surface area contributed by atoms with Crippen molar-refractivity contribution < 1.29 is 4.42 Å². The lowest BCUT2D eigenvalue weighted by Gasteiger charge is -2.32. The predicted octanol–water partition coefficient (Wildman–Crippen LogP) is 1.23. The molecule has 3 rings (SSSR count). The monoisotopic (exact) mass is 275 g/mol. The van der Waals surface area contributed by atoms with Crippen molar-refractivity contribution in [2.45, 2.75) is 13.0 Å². The van der Waals surface area contributed by atoms with E-state index in [-0.39, 0.29) is 5.76 Å². The molecular weight excluding hydrogens is 254 g/mol. The first kappa shape index (κ1) is 13.4. The molecule has 0 radical (unpaired) electrons. The van der Waals surface area contributed by atoms with Gasteiger partial charge in [-0.25, -0.2) is 4.79 Å². The molecule has 0 saturated carbocycles. The maximum Gasteiger partial charge on any atom is 0.419 e. The highest BCUT2D eigenvalue weighted by Gasteiger charge is 2.14. The van der Waals surface area contributed by atoms with Crippen LogP contribution in [0, 0.1) is 0 Å². The molecular formula is C15H21N3O2. The second-order valence-corrected chi connectivity index (χ2v) is 5.49. The van der Waals surface area contributed by atoms with Crippen molar-refractivity contribution in [3.63, 3.8) is 0 Å². The summed E-state index contributed by atoms with van der Waals surface area (Å²) in [5.41, 5.74) is 1.58. The lowest BCUT2D eigenvalue weighted by molar-refractivity contribution is 0.151. The van der Waals surface area contributed by atoms with Crippen LogP contribution in [0.4, 0.5) is 0 Å². The molecule has 2 heterocycles. The Balaban J connectivity index is 1.60. The minimum Gasteiger partial charge on any atom is -0.408 e. The molecule has 0 amide bonds. The Kier molecular flexibility index (Phi) is 3.89. The van der Waals surface area contributed by atoms with Crippen molar-refractivity contribution in [1.82, 2.24) is 14.4 Å². The number of nitrogens with zero attached hydrogens (tertiary/aromatic N) is 3. The van der Waals surface area contributed by atoms with E-state index in [0.29, 0.717) is 5.58 Å². The highest BCUT2D eigenvalue weighted by atomic mass is 16.4. The van der Waals surface area contributed by atoms with Gasteiger partial charge < -0.3 is 14.2 Å². The van der Waals surface area contributed by atoms with Crippen molar-refractivity contribution in [3.8, 4) is 0 Å². The number of rotatable bonds is 4. The predicted molar refractivity (Wildman–Crippen MR) is 79.0 cm³/mol. The van der Waals surface area contributed by atoms with Gasteiger partial charge in [0.15, 0.2) is 5.58 Å². The van der Waals surface area contributed by atoms with Gasteiger partial charge in [0.1, 0.15) is 0 Å². The van der Waals surface area contributed by atoms with Gasteiger partial charge in [-0.3, -0.25) is 4.57 Å². The molecule has 1 aliphatic rings. The number of oxazole rings is 1. The lowest BCUT2D eigenvalue weighted by atomic mass is 10.3. The van der Waals surface area contributed by atoms with Crippen molar-refractivity contribution in [2.24, 2.45) is 0 Å². The van der Waals surface area contributed by atoms with Gasteiger partial charge in [-0.2, -0.15) is 0 Å². The van der Waals surface area contributed by atoms with E-state index >= 15 is 0 Å². The van der Waals surface area contributed by atoms with Crippen molar-refractivity contribution >= 4 is 11.1 Å². The zero-order chi connectivity index (χ0) is 13.9. The summed E-state index contributed by atoms with van der Waals surface area (Å²) in [4.78, 5) is 16.7. The first-order chi connectivity index (χ1) is 9.74. The number of benzene rings is 1. The fraction of sp³-hybridized carbons (Fsp3) is 0.533. The Morgan fingerprint density at radius 2 is 1.85 bits per heavy atom. The summed E-state index contributed by atoms with van der Waals surface area (Å²) in [6.45, 7) is 6.28. The zero-order valence-corrected chi connectivity index (χ0v) is 11.9. The largest absolute Gasteiger partial charge is 0.419 e. The molecule has 0 unspecified atom stereocenters.